The van der Waals surface area contributed by atoms with E-state index in [0.29, 0.717) is 39.3 Å². The lowest BCUT2D eigenvalue weighted by molar-refractivity contribution is 0.506. The summed E-state index contributed by atoms with van der Waals surface area (Å²) in [4.78, 5) is 3.19. The van der Waals surface area contributed by atoms with Crippen LogP contribution in [0, 0.1) is 13.8 Å². The minimum Gasteiger partial charge on any atom is -0.420 e. The molecule has 0 aliphatic heterocycles. The summed E-state index contributed by atoms with van der Waals surface area (Å²) >= 11 is 6.13. The van der Waals surface area contributed by atoms with E-state index in [1.54, 1.807) is 32.0 Å². The molecule has 2 aromatic heterocycles. The van der Waals surface area contributed by atoms with Gasteiger partial charge >= 0.3 is 0 Å². The summed E-state index contributed by atoms with van der Waals surface area (Å²) in [7, 11) is -3.83. The number of aromatic nitrogens is 3. The molecular weight excluding hydrogens is 388 g/mol. The maximum absolute atomic E-state index is 13.0. The third-order valence-electron chi connectivity index (χ3n) is 4.58. The maximum atomic E-state index is 13.0. The second kappa shape index (κ2) is 6.78. The molecule has 2 N–H and O–H groups in total. The van der Waals surface area contributed by atoms with Gasteiger partial charge in [0.25, 0.3) is 5.89 Å². The molecule has 9 heteroatoms. The average Bonchev–Trinajstić information content (AvgIpc) is 3.27. The predicted octanol–water partition coefficient (Wildman–Crippen LogP) is 3.69. The summed E-state index contributed by atoms with van der Waals surface area (Å²) < 4.78 is 34.4. The number of nitrogens with zero attached hydrogens (tertiary/aromatic N) is 2. The van der Waals surface area contributed by atoms with Crippen LogP contribution in [-0.4, -0.2) is 23.6 Å². The van der Waals surface area contributed by atoms with Gasteiger partial charge in [-0.15, -0.1) is 10.2 Å². The second-order valence-electron chi connectivity index (χ2n) is 6.71. The first-order valence-corrected chi connectivity index (χ1v) is 10.5. The quantitative estimate of drug-likeness (QED) is 0.650. The van der Waals surface area contributed by atoms with Gasteiger partial charge < -0.3 is 9.40 Å². The molecule has 0 saturated heterocycles. The maximum Gasteiger partial charge on any atom is 0.250 e. The number of hydrogen-bond donors (Lipinski definition) is 2. The van der Waals surface area contributed by atoms with Crippen molar-refractivity contribution in [3.05, 3.63) is 52.1 Å². The predicted molar refractivity (Wildman–Crippen MR) is 101 cm³/mol. The number of aromatic amines is 1. The van der Waals surface area contributed by atoms with E-state index in [1.807, 2.05) is 6.07 Å². The first-order valence-electron chi connectivity index (χ1n) is 8.63. The molecule has 1 aliphatic carbocycles. The van der Waals surface area contributed by atoms with Crippen LogP contribution in [0.4, 0.5) is 0 Å². The van der Waals surface area contributed by atoms with Crippen LogP contribution in [0.1, 0.15) is 41.6 Å². The molecule has 2 heterocycles. The Morgan fingerprint density at radius 1 is 1.22 bits per heavy atom. The van der Waals surface area contributed by atoms with Gasteiger partial charge in [0, 0.05) is 28.9 Å². The molecule has 1 fully saturated rings. The Morgan fingerprint density at radius 2 is 1.96 bits per heavy atom. The monoisotopic (exact) mass is 406 g/mol. The zero-order valence-corrected chi connectivity index (χ0v) is 16.5. The Hall–Kier alpha value is -2.16. The topological polar surface area (TPSA) is 101 Å². The smallest absolute Gasteiger partial charge is 0.250 e. The summed E-state index contributed by atoms with van der Waals surface area (Å²) in [6.45, 7) is 3.58. The highest BCUT2D eigenvalue weighted by molar-refractivity contribution is 7.89. The number of benzene rings is 1. The first-order chi connectivity index (χ1) is 12.9. The van der Waals surface area contributed by atoms with Gasteiger partial charge in [0.1, 0.15) is 4.90 Å². The molecule has 0 atom stereocenters. The molecule has 0 amide bonds. The number of nitrogens with one attached hydrogen (secondary N) is 2. The highest BCUT2D eigenvalue weighted by atomic mass is 35.5. The Labute approximate surface area is 162 Å². The molecule has 27 heavy (non-hydrogen) atoms. The van der Waals surface area contributed by atoms with Crippen LogP contribution in [0.25, 0.3) is 11.5 Å². The molecule has 0 bridgehead atoms. The van der Waals surface area contributed by atoms with Gasteiger partial charge in [-0.3, -0.25) is 0 Å². The van der Waals surface area contributed by atoms with Gasteiger partial charge in [0.05, 0.1) is 5.56 Å². The van der Waals surface area contributed by atoms with Gasteiger partial charge in [0.2, 0.25) is 15.9 Å². The number of sulfonamides is 1. The Balaban J connectivity index is 1.68. The SMILES string of the molecule is Cc1[nH]c(C)c(S(=O)(=O)NCc2ccccc2Cl)c1-c1nnc(C2CC2)o1. The number of aryl methyl sites for hydroxylation is 2. The zero-order valence-electron chi connectivity index (χ0n) is 14.9. The summed E-state index contributed by atoms with van der Waals surface area (Å²) in [6.07, 6.45) is 2.05. The lowest BCUT2D eigenvalue weighted by Gasteiger charge is -2.09. The van der Waals surface area contributed by atoms with Crippen LogP contribution in [0.5, 0.6) is 0 Å². The van der Waals surface area contributed by atoms with E-state index >= 15 is 0 Å². The van der Waals surface area contributed by atoms with Crippen molar-refractivity contribution in [3.63, 3.8) is 0 Å². The Bertz CT molecular complexity index is 1100. The molecule has 7 nitrogen and oxygen atoms in total. The average molecular weight is 407 g/mol. The van der Waals surface area contributed by atoms with Crippen LogP contribution in [0.2, 0.25) is 5.02 Å². The van der Waals surface area contributed by atoms with Crippen molar-refractivity contribution in [1.82, 2.24) is 19.9 Å². The fraction of sp³-hybridized carbons (Fsp3) is 0.333. The minimum absolute atomic E-state index is 0.0856. The van der Waals surface area contributed by atoms with Crippen LogP contribution in [0.15, 0.2) is 33.6 Å². The van der Waals surface area contributed by atoms with Crippen molar-refractivity contribution in [2.45, 2.75) is 44.0 Å². The molecule has 0 unspecified atom stereocenters. The van der Waals surface area contributed by atoms with Crippen molar-refractivity contribution in [3.8, 4) is 11.5 Å². The molecule has 1 aliphatic rings. The number of halogens is 1. The number of hydrogen-bond acceptors (Lipinski definition) is 5. The van der Waals surface area contributed by atoms with E-state index in [9.17, 15) is 8.42 Å². The van der Waals surface area contributed by atoms with E-state index in [-0.39, 0.29) is 17.3 Å². The van der Waals surface area contributed by atoms with Crippen molar-refractivity contribution >= 4 is 21.6 Å². The van der Waals surface area contributed by atoms with Crippen LogP contribution < -0.4 is 4.72 Å². The molecule has 1 saturated carbocycles. The fourth-order valence-electron chi connectivity index (χ4n) is 3.07. The van der Waals surface area contributed by atoms with Crippen LogP contribution >= 0.6 is 11.6 Å². The van der Waals surface area contributed by atoms with Crippen molar-refractivity contribution < 1.29 is 12.8 Å². The van der Waals surface area contributed by atoms with Crippen molar-refractivity contribution in [2.24, 2.45) is 0 Å². The summed E-state index contributed by atoms with van der Waals surface area (Å²) in [5.74, 6) is 1.08. The van der Waals surface area contributed by atoms with E-state index in [1.165, 1.54) is 0 Å². The van der Waals surface area contributed by atoms with Gasteiger partial charge in [-0.25, -0.2) is 13.1 Å². The van der Waals surface area contributed by atoms with Crippen LogP contribution in [0.3, 0.4) is 0 Å². The van der Waals surface area contributed by atoms with Gasteiger partial charge in [-0.05, 0) is 38.3 Å². The van der Waals surface area contributed by atoms with Crippen molar-refractivity contribution in [2.75, 3.05) is 0 Å². The molecule has 142 valence electrons. The molecule has 0 spiro atoms. The highest BCUT2D eigenvalue weighted by Crippen LogP contribution is 2.41. The lowest BCUT2D eigenvalue weighted by Crippen LogP contribution is -2.24. The second-order valence-corrected chi connectivity index (χ2v) is 8.83. The minimum atomic E-state index is -3.83. The molecule has 1 aromatic carbocycles. The number of rotatable bonds is 6. The third-order valence-corrected chi connectivity index (χ3v) is 6.52. The van der Waals surface area contributed by atoms with Gasteiger partial charge in [-0.2, -0.15) is 0 Å². The summed E-state index contributed by atoms with van der Waals surface area (Å²) in [6, 6.07) is 7.11. The van der Waals surface area contributed by atoms with E-state index in [4.69, 9.17) is 16.0 Å². The van der Waals surface area contributed by atoms with Gasteiger partial charge in [0.15, 0.2) is 0 Å². The molecule has 0 radical (unpaired) electrons. The van der Waals surface area contributed by atoms with E-state index in [2.05, 4.69) is 19.9 Å². The van der Waals surface area contributed by atoms with E-state index < -0.39 is 10.0 Å². The first kappa shape index (κ1) is 18.2. The Morgan fingerprint density at radius 3 is 2.67 bits per heavy atom. The van der Waals surface area contributed by atoms with Crippen LogP contribution in [-0.2, 0) is 16.6 Å². The Kier molecular flexibility index (Phi) is 4.57. The lowest BCUT2D eigenvalue weighted by atomic mass is 10.2. The van der Waals surface area contributed by atoms with Gasteiger partial charge in [-0.1, -0.05) is 29.8 Å². The summed E-state index contributed by atoms with van der Waals surface area (Å²) in [5, 5.41) is 8.66. The molecule has 3 aromatic rings. The summed E-state index contributed by atoms with van der Waals surface area (Å²) in [5.41, 5.74) is 2.29. The fourth-order valence-corrected chi connectivity index (χ4v) is 4.72. The highest BCUT2D eigenvalue weighted by Gasteiger charge is 2.32. The molecular formula is C18H19ClN4O3S. The standard InChI is InChI=1S/C18H19ClN4O3S/c1-10-15(18-23-22-17(26-18)12-7-8-12)16(11(2)21-10)27(24,25)20-9-13-5-3-4-6-14(13)19/h3-6,12,20-21H,7-9H2,1-2H3. The molecule has 4 rings (SSSR count). The van der Waals surface area contributed by atoms with Crippen molar-refractivity contribution in [1.29, 1.82) is 0 Å². The largest absolute Gasteiger partial charge is 0.420 e. The van der Waals surface area contributed by atoms with E-state index in [0.717, 1.165) is 12.8 Å². The normalized spacial score (nSPS) is 14.6. The zero-order chi connectivity index (χ0) is 19.2. The number of H-pyrrole nitrogens is 1. The third kappa shape index (κ3) is 3.52.